The zero-order valence-electron chi connectivity index (χ0n) is 22.0. The van der Waals surface area contributed by atoms with E-state index < -0.39 is 7.92 Å². The van der Waals surface area contributed by atoms with Crippen LogP contribution < -0.4 is 15.9 Å². The fourth-order valence-electron chi connectivity index (χ4n) is 6.86. The average Bonchev–Trinajstić information content (AvgIpc) is 3.43. The van der Waals surface area contributed by atoms with Gasteiger partial charge in [0, 0.05) is 19.9 Å². The van der Waals surface area contributed by atoms with Gasteiger partial charge < -0.3 is 10.2 Å². The van der Waals surface area contributed by atoms with Crippen LogP contribution in [-0.2, 0) is 4.79 Å². The Bertz CT molecular complexity index is 886. The Morgan fingerprint density at radius 2 is 1.28 bits per heavy atom. The number of nitrogens with zero attached hydrogens (tertiary/aromatic N) is 1. The molecule has 3 aliphatic rings. The second kappa shape index (κ2) is 13.0. The van der Waals surface area contributed by atoms with Gasteiger partial charge in [-0.3, -0.25) is 4.79 Å². The van der Waals surface area contributed by atoms with Crippen LogP contribution in [0.15, 0.2) is 60.7 Å². The van der Waals surface area contributed by atoms with Crippen LogP contribution in [0, 0.1) is 0 Å². The molecular formula is C31H44N2OP2. The van der Waals surface area contributed by atoms with Crippen LogP contribution in [0.25, 0.3) is 0 Å². The van der Waals surface area contributed by atoms with E-state index >= 15 is 0 Å². The number of hydrogen-bond donors (Lipinski definition) is 1. The first kappa shape index (κ1) is 26.3. The van der Waals surface area contributed by atoms with E-state index in [2.05, 4.69) is 66.0 Å². The molecule has 2 aromatic rings. The van der Waals surface area contributed by atoms with Crippen LogP contribution in [0.5, 0.6) is 0 Å². The summed E-state index contributed by atoms with van der Waals surface area (Å²) in [6.45, 7) is 1.06. The highest BCUT2D eigenvalue weighted by Gasteiger charge is 2.41. The summed E-state index contributed by atoms with van der Waals surface area (Å²) in [7, 11) is 1.44. The topological polar surface area (TPSA) is 32.3 Å². The van der Waals surface area contributed by atoms with Crippen LogP contribution in [0.2, 0.25) is 0 Å². The zero-order valence-corrected chi connectivity index (χ0v) is 23.8. The van der Waals surface area contributed by atoms with E-state index in [9.17, 15) is 4.79 Å². The maximum Gasteiger partial charge on any atom is 0.239 e. The smallest absolute Gasteiger partial charge is 0.239 e. The highest BCUT2D eigenvalue weighted by molar-refractivity contribution is 7.72. The van der Waals surface area contributed by atoms with Gasteiger partial charge in [-0.1, -0.05) is 107 Å². The van der Waals surface area contributed by atoms with Crippen LogP contribution in [-0.4, -0.2) is 53.7 Å². The normalized spacial score (nSPS) is 23.9. The molecular weight excluding hydrogens is 478 g/mol. The van der Waals surface area contributed by atoms with Crippen molar-refractivity contribution in [2.75, 3.05) is 19.9 Å². The third-order valence-electron chi connectivity index (χ3n) is 8.69. The second-order valence-electron chi connectivity index (χ2n) is 11.2. The van der Waals surface area contributed by atoms with Gasteiger partial charge in [-0.15, -0.1) is 0 Å². The summed E-state index contributed by atoms with van der Waals surface area (Å²) >= 11 is 0. The summed E-state index contributed by atoms with van der Waals surface area (Å²) in [6, 6.07) is 21.5. The van der Waals surface area contributed by atoms with E-state index in [4.69, 9.17) is 0 Å². The molecule has 1 aliphatic heterocycles. The highest BCUT2D eigenvalue weighted by atomic mass is 31.1. The van der Waals surface area contributed by atoms with Crippen molar-refractivity contribution in [2.24, 2.45) is 0 Å². The van der Waals surface area contributed by atoms with Crippen molar-refractivity contribution in [2.45, 2.75) is 93.6 Å². The Morgan fingerprint density at radius 1 is 0.778 bits per heavy atom. The average molecular weight is 523 g/mol. The molecule has 0 spiro atoms. The Kier molecular flexibility index (Phi) is 9.51. The fraction of sp³-hybridized carbons (Fsp3) is 0.581. The molecule has 2 aromatic carbocycles. The van der Waals surface area contributed by atoms with Crippen molar-refractivity contribution in [3.05, 3.63) is 60.7 Å². The van der Waals surface area contributed by atoms with Crippen LogP contribution in [0.3, 0.4) is 0 Å². The van der Waals surface area contributed by atoms with Gasteiger partial charge in [0.15, 0.2) is 0 Å². The van der Waals surface area contributed by atoms with Gasteiger partial charge in [0.25, 0.3) is 0 Å². The van der Waals surface area contributed by atoms with E-state index in [1.54, 1.807) is 0 Å². The molecule has 36 heavy (non-hydrogen) atoms. The van der Waals surface area contributed by atoms with Crippen molar-refractivity contribution in [3.63, 3.8) is 0 Å². The van der Waals surface area contributed by atoms with Gasteiger partial charge >= 0.3 is 0 Å². The van der Waals surface area contributed by atoms with Gasteiger partial charge in [0.2, 0.25) is 5.91 Å². The summed E-state index contributed by atoms with van der Waals surface area (Å²) in [5.74, 6) is 0.305. The molecule has 2 saturated carbocycles. The first-order valence-corrected chi connectivity index (χ1v) is 17.4. The van der Waals surface area contributed by atoms with Gasteiger partial charge in [0.1, 0.15) is 0 Å². The molecule has 1 N–H and O–H groups in total. The number of likely N-dealkylation sites (N-methyl/N-ethyl adjacent to an activating group) is 1. The van der Waals surface area contributed by atoms with Crippen LogP contribution >= 0.6 is 15.8 Å². The van der Waals surface area contributed by atoms with Crippen molar-refractivity contribution in [1.29, 1.82) is 0 Å². The molecule has 5 heteroatoms. The number of carbonyl (C=O) groups excluding carboxylic acids is 1. The highest BCUT2D eigenvalue weighted by Crippen LogP contribution is 2.60. The summed E-state index contributed by atoms with van der Waals surface area (Å²) in [5.41, 5.74) is 2.65. The fourth-order valence-corrected chi connectivity index (χ4v) is 13.6. The summed E-state index contributed by atoms with van der Waals surface area (Å²) in [5, 5.41) is 6.41. The third kappa shape index (κ3) is 6.40. The monoisotopic (exact) mass is 522 g/mol. The predicted molar refractivity (Wildman–Crippen MR) is 158 cm³/mol. The molecule has 3 nitrogen and oxygen atoms in total. The Labute approximate surface area is 221 Å². The lowest BCUT2D eigenvalue weighted by Crippen LogP contribution is -2.42. The molecule has 0 bridgehead atoms. The van der Waals surface area contributed by atoms with E-state index in [0.29, 0.717) is 5.91 Å². The number of carbonyl (C=O) groups is 1. The van der Waals surface area contributed by atoms with Crippen molar-refractivity contribution in [1.82, 2.24) is 10.2 Å². The summed E-state index contributed by atoms with van der Waals surface area (Å²) < 4.78 is 0. The molecule has 1 heterocycles. The maximum atomic E-state index is 13.7. The number of amides is 1. The number of nitrogens with one attached hydrogen (secondary N) is 1. The minimum atomic E-state index is -0.600. The van der Waals surface area contributed by atoms with Gasteiger partial charge in [0.05, 0.1) is 6.04 Å². The standard InChI is InChI=1S/C31H44N2OP2/c1-33(24-35(25-14-6-2-7-15-25)26-16-8-3-9-17-26)31(34)30-22-29(23-32-30)36(27-18-10-4-11-19-27)28-20-12-5-13-21-28/h2-3,6-9,14-17,27-30,32H,4-5,10-13,18-24H2,1H3. The largest absolute Gasteiger partial charge is 0.340 e. The van der Waals surface area contributed by atoms with Crippen molar-refractivity contribution in [3.8, 4) is 0 Å². The van der Waals surface area contributed by atoms with Gasteiger partial charge in [-0.25, -0.2) is 0 Å². The van der Waals surface area contributed by atoms with E-state index in [1.165, 1.54) is 74.8 Å². The molecule has 0 radical (unpaired) electrons. The zero-order chi connectivity index (χ0) is 24.7. The Balaban J connectivity index is 1.27. The van der Waals surface area contributed by atoms with E-state index in [0.717, 1.165) is 36.2 Å². The van der Waals surface area contributed by atoms with Gasteiger partial charge in [-0.05, 0) is 67.6 Å². The molecule has 2 atom stereocenters. The molecule has 5 rings (SSSR count). The molecule has 2 aliphatic carbocycles. The molecule has 1 amide bonds. The summed E-state index contributed by atoms with van der Waals surface area (Å²) in [4.78, 5) is 15.8. The minimum Gasteiger partial charge on any atom is -0.340 e. The minimum absolute atomic E-state index is 0.000535. The SMILES string of the molecule is CN(CP(c1ccccc1)c1ccccc1)C(=O)C1CC(P(C2CCCCC2)C2CCCCC2)CN1. The van der Waals surface area contributed by atoms with E-state index in [-0.39, 0.29) is 14.0 Å². The lowest BCUT2D eigenvalue weighted by Gasteiger charge is -2.42. The van der Waals surface area contributed by atoms with Crippen LogP contribution in [0.4, 0.5) is 0 Å². The Morgan fingerprint density at radius 3 is 1.78 bits per heavy atom. The quantitative estimate of drug-likeness (QED) is 0.406. The number of benzene rings is 2. The molecule has 3 fully saturated rings. The predicted octanol–water partition coefficient (Wildman–Crippen LogP) is 6.41. The first-order chi connectivity index (χ1) is 17.7. The maximum absolute atomic E-state index is 13.7. The number of rotatable bonds is 8. The lowest BCUT2D eigenvalue weighted by molar-refractivity contribution is -0.130. The second-order valence-corrected chi connectivity index (χ2v) is 16.4. The molecule has 0 aromatic heterocycles. The van der Waals surface area contributed by atoms with E-state index in [1.807, 2.05) is 11.9 Å². The lowest BCUT2D eigenvalue weighted by atomic mass is 9.99. The molecule has 194 valence electrons. The van der Waals surface area contributed by atoms with Crippen molar-refractivity contribution >= 4 is 32.4 Å². The molecule has 1 saturated heterocycles. The van der Waals surface area contributed by atoms with Crippen LogP contribution in [0.1, 0.15) is 70.6 Å². The summed E-state index contributed by atoms with van der Waals surface area (Å²) in [6.07, 6.45) is 16.3. The third-order valence-corrected chi connectivity index (χ3v) is 15.2. The molecule has 2 unspecified atom stereocenters. The Hall–Kier alpha value is -1.27. The van der Waals surface area contributed by atoms with Gasteiger partial charge in [-0.2, -0.15) is 0 Å². The number of hydrogen-bond acceptors (Lipinski definition) is 2. The van der Waals surface area contributed by atoms with Crippen molar-refractivity contribution < 1.29 is 4.79 Å². The first-order valence-electron chi connectivity index (χ1n) is 14.3.